The highest BCUT2D eigenvalue weighted by atomic mass is 16.5. The molecule has 0 N–H and O–H groups in total. The molecule has 0 aromatic carbocycles. The van der Waals surface area contributed by atoms with E-state index in [4.69, 9.17) is 9.47 Å². The molecule has 3 rings (SSSR count). The summed E-state index contributed by atoms with van der Waals surface area (Å²) in [5, 5.41) is 0. The second-order valence-corrected chi connectivity index (χ2v) is 7.62. The van der Waals surface area contributed by atoms with Gasteiger partial charge in [-0.25, -0.2) is 4.98 Å². The van der Waals surface area contributed by atoms with Crippen LogP contribution in [0.1, 0.15) is 56.3 Å². The van der Waals surface area contributed by atoms with Gasteiger partial charge < -0.3 is 19.3 Å². The summed E-state index contributed by atoms with van der Waals surface area (Å²) in [6.45, 7) is 5.56. The van der Waals surface area contributed by atoms with E-state index in [-0.39, 0.29) is 30.7 Å². The summed E-state index contributed by atoms with van der Waals surface area (Å²) >= 11 is 0. The van der Waals surface area contributed by atoms with E-state index < -0.39 is 11.5 Å². The van der Waals surface area contributed by atoms with Crippen LogP contribution in [0.15, 0.2) is 18.3 Å². The van der Waals surface area contributed by atoms with Crippen LogP contribution in [0.25, 0.3) is 0 Å². The highest BCUT2D eigenvalue weighted by Crippen LogP contribution is 2.36. The van der Waals surface area contributed by atoms with E-state index in [1.807, 2.05) is 11.8 Å². The molecule has 2 amide bonds. The molecule has 0 bridgehead atoms. The van der Waals surface area contributed by atoms with Gasteiger partial charge in [-0.05, 0) is 44.7 Å². The highest BCUT2D eigenvalue weighted by Gasteiger charge is 2.47. The van der Waals surface area contributed by atoms with E-state index in [1.165, 1.54) is 6.92 Å². The number of hydrogen-bond donors (Lipinski definition) is 0. The van der Waals surface area contributed by atoms with Crippen molar-refractivity contribution in [3.05, 3.63) is 23.9 Å². The maximum absolute atomic E-state index is 13.4. The normalized spacial score (nSPS) is 21.3. The molecule has 8 heteroatoms. The van der Waals surface area contributed by atoms with Gasteiger partial charge in [-0.2, -0.15) is 0 Å². The smallest absolute Gasteiger partial charge is 0.302 e. The molecular formula is C21H29N3O5. The number of carbonyl (C=O) groups is 3. The van der Waals surface area contributed by atoms with Crippen molar-refractivity contribution >= 4 is 17.8 Å². The summed E-state index contributed by atoms with van der Waals surface area (Å²) < 4.78 is 10.9. The number of hydrogen-bond acceptors (Lipinski definition) is 6. The number of nitrogens with zero attached hydrogens (tertiary/aromatic N) is 3. The third kappa shape index (κ3) is 4.68. The maximum atomic E-state index is 13.4. The van der Waals surface area contributed by atoms with E-state index in [9.17, 15) is 14.4 Å². The molecule has 29 heavy (non-hydrogen) atoms. The summed E-state index contributed by atoms with van der Waals surface area (Å²) in [6.07, 6.45) is 5.07. The molecular weight excluding hydrogens is 374 g/mol. The molecule has 158 valence electrons. The average molecular weight is 403 g/mol. The molecule has 2 aliphatic heterocycles. The first kappa shape index (κ1) is 21.1. The SMILES string of the molecule is CCOc1ncccc1C(=O)N1CCCC1(COC(C)=O)CC(=O)N1CCCC1. The first-order chi connectivity index (χ1) is 14.0. The highest BCUT2D eigenvalue weighted by molar-refractivity contribution is 5.97. The molecule has 2 aliphatic rings. The van der Waals surface area contributed by atoms with Crippen LogP contribution < -0.4 is 4.74 Å². The van der Waals surface area contributed by atoms with Crippen LogP contribution in [0.2, 0.25) is 0 Å². The van der Waals surface area contributed by atoms with Crippen LogP contribution >= 0.6 is 0 Å². The Morgan fingerprint density at radius 1 is 1.17 bits per heavy atom. The van der Waals surface area contributed by atoms with Crippen molar-refractivity contribution in [2.45, 2.75) is 51.5 Å². The Morgan fingerprint density at radius 3 is 2.62 bits per heavy atom. The molecule has 2 fully saturated rings. The van der Waals surface area contributed by atoms with Gasteiger partial charge in [0.15, 0.2) is 0 Å². The Morgan fingerprint density at radius 2 is 1.93 bits per heavy atom. The van der Waals surface area contributed by atoms with Crippen molar-refractivity contribution in [3.8, 4) is 5.88 Å². The Kier molecular flexibility index (Phi) is 6.71. The molecule has 1 aromatic heterocycles. The monoisotopic (exact) mass is 403 g/mol. The number of esters is 1. The predicted molar refractivity (Wildman–Crippen MR) is 105 cm³/mol. The summed E-state index contributed by atoms with van der Waals surface area (Å²) in [4.78, 5) is 45.6. The van der Waals surface area contributed by atoms with Crippen LogP contribution in [0, 0.1) is 0 Å². The van der Waals surface area contributed by atoms with Crippen molar-refractivity contribution in [2.75, 3.05) is 32.8 Å². The Balaban J connectivity index is 1.88. The van der Waals surface area contributed by atoms with Crippen molar-refractivity contribution in [1.82, 2.24) is 14.8 Å². The zero-order chi connectivity index (χ0) is 20.9. The van der Waals surface area contributed by atoms with Gasteiger partial charge in [0.2, 0.25) is 11.8 Å². The minimum absolute atomic E-state index is 0.00516. The van der Waals surface area contributed by atoms with Crippen molar-refractivity contribution < 1.29 is 23.9 Å². The van der Waals surface area contributed by atoms with Gasteiger partial charge in [0, 0.05) is 32.8 Å². The van der Waals surface area contributed by atoms with Crippen LogP contribution in [0.4, 0.5) is 0 Å². The molecule has 8 nitrogen and oxygen atoms in total. The van der Waals surface area contributed by atoms with Gasteiger partial charge in [0.05, 0.1) is 18.6 Å². The Bertz CT molecular complexity index is 762. The van der Waals surface area contributed by atoms with Crippen molar-refractivity contribution in [3.63, 3.8) is 0 Å². The van der Waals surface area contributed by atoms with Crippen molar-refractivity contribution in [1.29, 1.82) is 0 Å². The minimum atomic E-state index is -0.845. The number of amides is 2. The lowest BCUT2D eigenvalue weighted by Crippen LogP contribution is -2.53. The lowest BCUT2D eigenvalue weighted by Gasteiger charge is -2.38. The molecule has 1 unspecified atom stereocenters. The zero-order valence-corrected chi connectivity index (χ0v) is 17.2. The lowest BCUT2D eigenvalue weighted by molar-refractivity contribution is -0.147. The fourth-order valence-corrected chi connectivity index (χ4v) is 4.19. The third-order valence-electron chi connectivity index (χ3n) is 5.61. The molecule has 0 spiro atoms. The molecule has 2 saturated heterocycles. The van der Waals surface area contributed by atoms with E-state index in [0.29, 0.717) is 25.1 Å². The fourth-order valence-electron chi connectivity index (χ4n) is 4.19. The van der Waals surface area contributed by atoms with E-state index in [1.54, 1.807) is 23.2 Å². The minimum Gasteiger partial charge on any atom is -0.477 e. The Hall–Kier alpha value is -2.64. The number of rotatable bonds is 7. The predicted octanol–water partition coefficient (Wildman–Crippen LogP) is 2.03. The van der Waals surface area contributed by atoms with Crippen LogP contribution in [-0.4, -0.2) is 71.0 Å². The molecule has 0 aliphatic carbocycles. The van der Waals surface area contributed by atoms with E-state index >= 15 is 0 Å². The first-order valence-corrected chi connectivity index (χ1v) is 10.3. The van der Waals surface area contributed by atoms with Gasteiger partial charge in [-0.3, -0.25) is 14.4 Å². The zero-order valence-electron chi connectivity index (χ0n) is 17.2. The van der Waals surface area contributed by atoms with Gasteiger partial charge in [0.1, 0.15) is 12.2 Å². The molecule has 0 saturated carbocycles. The standard InChI is InChI=1S/C21H29N3O5/c1-3-28-19-17(8-6-10-22-19)20(27)24-13-7-9-21(24,15-29-16(2)25)14-18(26)23-11-4-5-12-23/h6,8,10H,3-5,7,9,11-15H2,1-2H3. The second-order valence-electron chi connectivity index (χ2n) is 7.62. The molecule has 1 aromatic rings. The lowest BCUT2D eigenvalue weighted by atomic mass is 9.91. The second kappa shape index (κ2) is 9.24. The summed E-state index contributed by atoms with van der Waals surface area (Å²) in [5.74, 6) is -0.390. The van der Waals surface area contributed by atoms with Crippen LogP contribution in [-0.2, 0) is 14.3 Å². The first-order valence-electron chi connectivity index (χ1n) is 10.3. The molecule has 3 heterocycles. The number of aromatic nitrogens is 1. The van der Waals surface area contributed by atoms with Crippen molar-refractivity contribution in [2.24, 2.45) is 0 Å². The average Bonchev–Trinajstić information content (AvgIpc) is 3.37. The third-order valence-corrected chi connectivity index (χ3v) is 5.61. The number of pyridine rings is 1. The molecule has 1 atom stereocenters. The maximum Gasteiger partial charge on any atom is 0.302 e. The fraction of sp³-hybridized carbons (Fsp3) is 0.619. The summed E-state index contributed by atoms with van der Waals surface area (Å²) in [6, 6.07) is 3.37. The van der Waals surface area contributed by atoms with Crippen LogP contribution in [0.3, 0.4) is 0 Å². The number of ether oxygens (including phenoxy) is 2. The topological polar surface area (TPSA) is 89.0 Å². The van der Waals surface area contributed by atoms with Gasteiger partial charge >= 0.3 is 5.97 Å². The van der Waals surface area contributed by atoms with E-state index in [0.717, 1.165) is 32.4 Å². The van der Waals surface area contributed by atoms with Gasteiger partial charge in [0.25, 0.3) is 5.91 Å². The summed E-state index contributed by atoms with van der Waals surface area (Å²) in [7, 11) is 0. The number of carbonyl (C=O) groups excluding carboxylic acids is 3. The summed E-state index contributed by atoms with van der Waals surface area (Å²) in [5.41, 5.74) is -0.487. The van der Waals surface area contributed by atoms with Crippen LogP contribution in [0.5, 0.6) is 5.88 Å². The number of likely N-dealkylation sites (tertiary alicyclic amines) is 2. The largest absolute Gasteiger partial charge is 0.477 e. The van der Waals surface area contributed by atoms with Gasteiger partial charge in [-0.15, -0.1) is 0 Å². The van der Waals surface area contributed by atoms with Gasteiger partial charge in [-0.1, -0.05) is 0 Å². The van der Waals surface area contributed by atoms with E-state index in [2.05, 4.69) is 4.98 Å². The quantitative estimate of drug-likeness (QED) is 0.647. The Labute approximate surface area is 171 Å². The molecule has 0 radical (unpaired) electrons.